The lowest BCUT2D eigenvalue weighted by atomic mass is 9.71. The Morgan fingerprint density at radius 1 is 1.67 bits per heavy atom. The molecule has 0 saturated heterocycles. The Hall–Kier alpha value is -1.05. The van der Waals surface area contributed by atoms with Crippen LogP contribution in [0, 0.1) is 11.8 Å². The van der Waals surface area contributed by atoms with Crippen LogP contribution in [0.3, 0.4) is 0 Å². The van der Waals surface area contributed by atoms with Gasteiger partial charge in [-0.3, -0.25) is 0 Å². The minimum Gasteiger partial charge on any atom is -0.478 e. The Morgan fingerprint density at radius 3 is 3.00 bits per heavy atom. The van der Waals surface area contributed by atoms with Gasteiger partial charge < -0.3 is 5.11 Å². The van der Waals surface area contributed by atoms with E-state index in [1.165, 1.54) is 18.1 Å². The molecule has 0 heterocycles. The number of carbonyl (C=O) groups is 1. The number of hydrogen-bond donors (Lipinski definition) is 1. The third-order valence-corrected chi connectivity index (χ3v) is 2.79. The van der Waals surface area contributed by atoms with Gasteiger partial charge in [-0.05, 0) is 25.7 Å². The van der Waals surface area contributed by atoms with Gasteiger partial charge in [0.15, 0.2) is 0 Å². The molecule has 64 valence electrons. The fourth-order valence-corrected chi connectivity index (χ4v) is 2.25. The van der Waals surface area contributed by atoms with Crippen molar-refractivity contribution in [3.63, 3.8) is 0 Å². The predicted molar refractivity (Wildman–Crippen MR) is 45.7 cm³/mol. The van der Waals surface area contributed by atoms with Crippen LogP contribution < -0.4 is 0 Å². The molecule has 0 aromatic carbocycles. The van der Waals surface area contributed by atoms with Crippen molar-refractivity contribution in [1.82, 2.24) is 0 Å². The molecule has 12 heavy (non-hydrogen) atoms. The summed E-state index contributed by atoms with van der Waals surface area (Å²) in [6.45, 7) is 2.12. The number of carboxylic acid groups (broad SMARTS) is 1. The van der Waals surface area contributed by atoms with E-state index in [0.29, 0.717) is 5.92 Å². The molecular formula is C10H12O2. The van der Waals surface area contributed by atoms with Crippen LogP contribution in [-0.2, 0) is 4.79 Å². The van der Waals surface area contributed by atoms with Crippen molar-refractivity contribution in [2.75, 3.05) is 0 Å². The van der Waals surface area contributed by atoms with E-state index in [-0.39, 0.29) is 0 Å². The van der Waals surface area contributed by atoms with Gasteiger partial charge in [-0.15, -0.1) is 0 Å². The van der Waals surface area contributed by atoms with E-state index in [1.54, 1.807) is 0 Å². The summed E-state index contributed by atoms with van der Waals surface area (Å²) in [5.74, 6) is 0.373. The first kappa shape index (κ1) is 7.59. The lowest BCUT2D eigenvalue weighted by molar-refractivity contribution is -0.131. The van der Waals surface area contributed by atoms with Crippen molar-refractivity contribution in [3.05, 3.63) is 23.3 Å². The molecule has 0 bridgehead atoms. The molecule has 0 aromatic heterocycles. The summed E-state index contributed by atoms with van der Waals surface area (Å²) in [5.41, 5.74) is 2.52. The van der Waals surface area contributed by atoms with Gasteiger partial charge in [0.2, 0.25) is 0 Å². The van der Waals surface area contributed by atoms with E-state index < -0.39 is 5.97 Å². The molecular weight excluding hydrogens is 152 g/mol. The quantitative estimate of drug-likeness (QED) is 0.475. The maximum absolute atomic E-state index is 10.4. The van der Waals surface area contributed by atoms with Gasteiger partial charge in [-0.25, -0.2) is 4.79 Å². The van der Waals surface area contributed by atoms with Gasteiger partial charge in [0.25, 0.3) is 0 Å². The molecule has 2 rings (SSSR count). The lowest BCUT2D eigenvalue weighted by Gasteiger charge is -2.33. The average Bonchev–Trinajstić information content (AvgIpc) is 2.24. The molecule has 2 aliphatic rings. The van der Waals surface area contributed by atoms with Gasteiger partial charge >= 0.3 is 5.97 Å². The van der Waals surface area contributed by atoms with E-state index in [9.17, 15) is 4.79 Å². The highest BCUT2D eigenvalue weighted by molar-refractivity contribution is 5.81. The Morgan fingerprint density at radius 2 is 2.42 bits per heavy atom. The van der Waals surface area contributed by atoms with Crippen LogP contribution in [0.2, 0.25) is 0 Å². The summed E-state index contributed by atoms with van der Waals surface area (Å²) < 4.78 is 0. The smallest absolute Gasteiger partial charge is 0.328 e. The Bertz CT molecular complexity index is 286. The molecule has 2 aliphatic carbocycles. The second-order valence-corrected chi connectivity index (χ2v) is 3.76. The molecule has 1 N–H and O–H groups in total. The Kier molecular flexibility index (Phi) is 1.56. The van der Waals surface area contributed by atoms with E-state index in [4.69, 9.17) is 5.11 Å². The van der Waals surface area contributed by atoms with Crippen LogP contribution in [0.1, 0.15) is 19.8 Å². The van der Waals surface area contributed by atoms with Crippen LogP contribution in [0.15, 0.2) is 23.3 Å². The normalized spacial score (nSPS) is 35.8. The van der Waals surface area contributed by atoms with Crippen molar-refractivity contribution in [2.45, 2.75) is 19.8 Å². The van der Waals surface area contributed by atoms with Crippen molar-refractivity contribution >= 4 is 5.97 Å². The summed E-state index contributed by atoms with van der Waals surface area (Å²) >= 11 is 0. The first-order chi connectivity index (χ1) is 5.66. The van der Waals surface area contributed by atoms with Gasteiger partial charge in [0.05, 0.1) is 0 Å². The van der Waals surface area contributed by atoms with Gasteiger partial charge in [-0.2, -0.15) is 0 Å². The van der Waals surface area contributed by atoms with Crippen LogP contribution in [0.25, 0.3) is 0 Å². The van der Waals surface area contributed by atoms with Crippen LogP contribution in [0.4, 0.5) is 0 Å². The Balaban J connectivity index is 2.12. The zero-order valence-corrected chi connectivity index (χ0v) is 7.08. The summed E-state index contributed by atoms with van der Waals surface area (Å²) in [7, 11) is 0. The summed E-state index contributed by atoms with van der Waals surface area (Å²) in [5, 5.41) is 8.54. The molecule has 2 nitrogen and oxygen atoms in total. The maximum atomic E-state index is 10.4. The monoisotopic (exact) mass is 164 g/mol. The number of carboxylic acids is 1. The largest absolute Gasteiger partial charge is 0.478 e. The zero-order chi connectivity index (χ0) is 8.72. The number of aliphatic carboxylic acids is 1. The van der Waals surface area contributed by atoms with Gasteiger partial charge in [0.1, 0.15) is 0 Å². The molecule has 1 fully saturated rings. The predicted octanol–water partition coefficient (Wildman–Crippen LogP) is 1.98. The van der Waals surface area contributed by atoms with E-state index in [1.807, 2.05) is 0 Å². The van der Waals surface area contributed by atoms with Crippen molar-refractivity contribution < 1.29 is 9.90 Å². The first-order valence-corrected chi connectivity index (χ1v) is 4.27. The molecule has 2 heteroatoms. The molecule has 0 amide bonds. The molecule has 0 aliphatic heterocycles. The summed E-state index contributed by atoms with van der Waals surface area (Å²) in [4.78, 5) is 10.4. The fraction of sp³-hybridized carbons (Fsp3) is 0.500. The summed E-state index contributed by atoms with van der Waals surface area (Å²) in [6.07, 6.45) is 5.74. The highest BCUT2D eigenvalue weighted by Crippen LogP contribution is 2.49. The lowest BCUT2D eigenvalue weighted by Crippen LogP contribution is -2.24. The molecule has 1 saturated carbocycles. The van der Waals surface area contributed by atoms with Crippen LogP contribution >= 0.6 is 0 Å². The van der Waals surface area contributed by atoms with Gasteiger partial charge in [0, 0.05) is 12.0 Å². The third kappa shape index (κ3) is 1.07. The van der Waals surface area contributed by atoms with E-state index >= 15 is 0 Å². The van der Waals surface area contributed by atoms with E-state index in [0.717, 1.165) is 17.9 Å². The van der Waals surface area contributed by atoms with Crippen LogP contribution in [-0.4, -0.2) is 11.1 Å². The van der Waals surface area contributed by atoms with Crippen molar-refractivity contribution in [3.8, 4) is 0 Å². The SMILES string of the molecule is CC1=C[C@@H]2C(=CC(=O)O)C[C@@H]2C1. The Labute approximate surface area is 71.6 Å². The number of allylic oxidation sites excluding steroid dienone is 3. The maximum Gasteiger partial charge on any atom is 0.328 e. The third-order valence-electron chi connectivity index (χ3n) is 2.79. The molecule has 2 atom stereocenters. The van der Waals surface area contributed by atoms with Crippen LogP contribution in [0.5, 0.6) is 0 Å². The standard InChI is InChI=1S/C10H12O2/c1-6-2-7-4-8(5-10(11)12)9(7)3-6/h3,5,7,9H,2,4H2,1H3,(H,11,12)/t7-,9-/m0/s1. The second kappa shape index (κ2) is 2.47. The molecule has 0 radical (unpaired) electrons. The zero-order valence-electron chi connectivity index (χ0n) is 7.08. The van der Waals surface area contributed by atoms with Gasteiger partial charge in [-0.1, -0.05) is 17.2 Å². The number of rotatable bonds is 1. The highest BCUT2D eigenvalue weighted by Gasteiger charge is 2.38. The second-order valence-electron chi connectivity index (χ2n) is 3.76. The topological polar surface area (TPSA) is 37.3 Å². The minimum absolute atomic E-state index is 0.459. The minimum atomic E-state index is -0.804. The summed E-state index contributed by atoms with van der Waals surface area (Å²) in [6, 6.07) is 0. The molecule has 0 aromatic rings. The molecule has 0 spiro atoms. The fourth-order valence-electron chi connectivity index (χ4n) is 2.25. The number of fused-ring (bicyclic) bond motifs is 1. The number of hydrogen-bond acceptors (Lipinski definition) is 1. The van der Waals surface area contributed by atoms with E-state index in [2.05, 4.69) is 13.0 Å². The van der Waals surface area contributed by atoms with Crippen molar-refractivity contribution in [2.24, 2.45) is 11.8 Å². The van der Waals surface area contributed by atoms with Crippen molar-refractivity contribution in [1.29, 1.82) is 0 Å². The molecule has 0 unspecified atom stereocenters. The average molecular weight is 164 g/mol. The highest BCUT2D eigenvalue weighted by atomic mass is 16.4. The first-order valence-electron chi connectivity index (χ1n) is 4.27.